The van der Waals surface area contributed by atoms with E-state index in [0.717, 1.165) is 23.1 Å². The third kappa shape index (κ3) is 12.8. The van der Waals surface area contributed by atoms with Crippen LogP contribution in [0.15, 0.2) is 99.6 Å². The first kappa shape index (κ1) is 41.8. The van der Waals surface area contributed by atoms with Gasteiger partial charge in [0.15, 0.2) is 34.5 Å². The van der Waals surface area contributed by atoms with Crippen molar-refractivity contribution in [2.75, 3.05) is 35.0 Å². The minimum Gasteiger partial charge on any atom is -0.507 e. The van der Waals surface area contributed by atoms with Crippen LogP contribution < -0.4 is 23.7 Å². The van der Waals surface area contributed by atoms with Crippen molar-refractivity contribution in [2.45, 2.75) is 13.3 Å². The van der Waals surface area contributed by atoms with E-state index in [0.29, 0.717) is 46.5 Å². The maximum absolute atomic E-state index is 9.61. The summed E-state index contributed by atoms with van der Waals surface area (Å²) in [5.74, 6) is 3.00. The number of methoxy groups -OCH3 is 4. The van der Waals surface area contributed by atoms with Crippen LogP contribution in [-0.4, -0.2) is 55.5 Å². The zero-order chi connectivity index (χ0) is 37.6. The molecule has 266 valence electrons. The van der Waals surface area contributed by atoms with Gasteiger partial charge in [-0.2, -0.15) is 0 Å². The van der Waals surface area contributed by atoms with E-state index in [2.05, 4.69) is 32.9 Å². The van der Waals surface area contributed by atoms with Crippen LogP contribution in [0, 0.1) is 0 Å². The van der Waals surface area contributed by atoms with Gasteiger partial charge < -0.3 is 44.1 Å². The highest BCUT2D eigenvalue weighted by atomic mass is 16.5. The molecule has 0 spiro atoms. The van der Waals surface area contributed by atoms with Crippen molar-refractivity contribution in [3.8, 4) is 51.7 Å². The molecule has 0 fully saturated rings. The Morgan fingerprint density at radius 3 is 1.48 bits per heavy atom. The van der Waals surface area contributed by atoms with E-state index >= 15 is 0 Å². The van der Waals surface area contributed by atoms with Crippen LogP contribution in [0.1, 0.15) is 34.7 Å². The van der Waals surface area contributed by atoms with Gasteiger partial charge in [0.1, 0.15) is 11.5 Å². The van der Waals surface area contributed by atoms with Crippen molar-refractivity contribution in [1.29, 1.82) is 0 Å². The molecule has 0 heterocycles. The van der Waals surface area contributed by atoms with E-state index in [1.807, 2.05) is 19.1 Å². The molecule has 0 radical (unpaired) electrons. The second-order valence-corrected chi connectivity index (χ2v) is 9.90. The Hall–Kier alpha value is -6.22. The van der Waals surface area contributed by atoms with Crippen molar-refractivity contribution in [3.05, 3.63) is 127 Å². The normalized spacial score (nSPS) is 9.38. The molecule has 9 nitrogen and oxygen atoms in total. The third-order valence-electron chi connectivity index (χ3n) is 6.70. The number of phenols is 4. The molecule has 0 saturated carbocycles. The topological polar surface area (TPSA) is 127 Å². The predicted octanol–water partition coefficient (Wildman–Crippen LogP) is 9.30. The molecule has 9 heteroatoms. The number of aromatic hydroxyl groups is 4. The molecule has 0 aliphatic heterocycles. The average molecular weight is 685 g/mol. The maximum atomic E-state index is 9.61. The maximum Gasteiger partial charge on any atom is 0.200 e. The molecule has 0 aromatic heterocycles. The number of benzene rings is 4. The molecule has 0 saturated heterocycles. The van der Waals surface area contributed by atoms with Crippen molar-refractivity contribution >= 4 is 24.3 Å². The largest absolute Gasteiger partial charge is 0.507 e. The lowest BCUT2D eigenvalue weighted by Crippen LogP contribution is -1.91. The lowest BCUT2D eigenvalue weighted by atomic mass is 10.1. The summed E-state index contributed by atoms with van der Waals surface area (Å²) in [5, 5.41) is 37.7. The molecule has 0 unspecified atom stereocenters. The average Bonchev–Trinajstić information content (AvgIpc) is 3.14. The van der Waals surface area contributed by atoms with E-state index in [4.69, 9.17) is 23.7 Å². The number of allylic oxidation sites excluding steroid dienone is 1. The summed E-state index contributed by atoms with van der Waals surface area (Å²) >= 11 is 0. The molecule has 0 aliphatic carbocycles. The molecular weight excluding hydrogens is 636 g/mol. The van der Waals surface area contributed by atoms with Crippen LogP contribution in [0.25, 0.3) is 24.3 Å². The Kier molecular flexibility index (Phi) is 18.7. The van der Waals surface area contributed by atoms with E-state index < -0.39 is 0 Å². The van der Waals surface area contributed by atoms with E-state index in [1.165, 1.54) is 21.3 Å². The summed E-state index contributed by atoms with van der Waals surface area (Å²) < 4.78 is 25.1. The monoisotopic (exact) mass is 684 g/mol. The molecular formula is C41H48O9. The third-order valence-corrected chi connectivity index (χ3v) is 6.70. The molecule has 0 amide bonds. The first-order chi connectivity index (χ1) is 24.0. The lowest BCUT2D eigenvalue weighted by molar-refractivity contribution is 0.318. The first-order valence-corrected chi connectivity index (χ1v) is 15.3. The summed E-state index contributed by atoms with van der Waals surface area (Å²) in [6.07, 6.45) is 9.12. The first-order valence-electron chi connectivity index (χ1n) is 15.3. The zero-order valence-electron chi connectivity index (χ0n) is 29.4. The number of phenolic OH excluding ortho intramolecular Hbond substituents is 4. The van der Waals surface area contributed by atoms with Gasteiger partial charge in [-0.15, -0.1) is 6.58 Å². The molecule has 0 atom stereocenters. The highest BCUT2D eigenvalue weighted by molar-refractivity contribution is 5.68. The van der Waals surface area contributed by atoms with Crippen molar-refractivity contribution in [1.82, 2.24) is 0 Å². The van der Waals surface area contributed by atoms with Crippen LogP contribution in [0.2, 0.25) is 0 Å². The summed E-state index contributed by atoms with van der Waals surface area (Å²) in [5.41, 5.74) is 4.16. The number of hydrogen-bond acceptors (Lipinski definition) is 9. The van der Waals surface area contributed by atoms with Crippen molar-refractivity contribution in [2.24, 2.45) is 0 Å². The van der Waals surface area contributed by atoms with Gasteiger partial charge in [0, 0.05) is 11.1 Å². The minimum atomic E-state index is 0.00981. The van der Waals surface area contributed by atoms with E-state index in [9.17, 15) is 20.4 Å². The molecule has 4 N–H and O–H groups in total. The molecule has 4 aromatic carbocycles. The Labute approximate surface area is 295 Å². The zero-order valence-corrected chi connectivity index (χ0v) is 29.4. The van der Waals surface area contributed by atoms with Gasteiger partial charge in [-0.1, -0.05) is 68.8 Å². The molecule has 4 aromatic rings. The van der Waals surface area contributed by atoms with E-state index in [-0.39, 0.29) is 23.0 Å². The number of hydrogen-bond donors (Lipinski definition) is 4. The predicted molar refractivity (Wildman–Crippen MR) is 204 cm³/mol. The standard InChI is InChI=1S/C11H12O2.C10H12O3.2C10H12O2/c1-4-8-6-10(13-3)7-9(5-2)11(8)12;1-4-7-5-8(12-2)10(11)9(6-7)13-3;1-3-4-8-5-6-9(11)10(7-8)12-2;1-3-8-5-6-9(11)10(7-8)12-4-2/h4-7,12H,1-2H2,3H3;4-6,11H,1H2,2-3H3;2*3,5-7,11H,1,4H2,2H3. The van der Waals surface area contributed by atoms with Gasteiger partial charge in [-0.05, 0) is 78.6 Å². The highest BCUT2D eigenvalue weighted by Gasteiger charge is 2.09. The molecule has 0 aliphatic rings. The smallest absolute Gasteiger partial charge is 0.200 e. The van der Waals surface area contributed by atoms with Gasteiger partial charge in [-0.3, -0.25) is 0 Å². The van der Waals surface area contributed by atoms with Crippen LogP contribution >= 0.6 is 0 Å². The second kappa shape index (κ2) is 22.4. The number of ether oxygens (including phenoxy) is 5. The number of rotatable bonds is 12. The van der Waals surface area contributed by atoms with Gasteiger partial charge in [0.05, 0.1) is 35.0 Å². The van der Waals surface area contributed by atoms with Crippen LogP contribution in [0.3, 0.4) is 0 Å². The Morgan fingerprint density at radius 2 is 1.04 bits per heavy atom. The molecule has 4 rings (SSSR count). The quantitative estimate of drug-likeness (QED) is 0.108. The minimum absolute atomic E-state index is 0.00981. The van der Waals surface area contributed by atoms with Crippen molar-refractivity contribution in [3.63, 3.8) is 0 Å². The van der Waals surface area contributed by atoms with Gasteiger partial charge in [-0.25, -0.2) is 0 Å². The molecule has 50 heavy (non-hydrogen) atoms. The van der Waals surface area contributed by atoms with Gasteiger partial charge >= 0.3 is 0 Å². The SMILES string of the molecule is C=CCc1ccc(O)c(OC)c1.C=Cc1cc(OC)c(O)c(OC)c1.C=Cc1cc(OC)cc(C=C)c1O.C=Cc1ccc(O)c(OCC)c1. The van der Waals surface area contributed by atoms with Crippen LogP contribution in [0.5, 0.6) is 51.7 Å². The summed E-state index contributed by atoms with van der Waals surface area (Å²) in [7, 11) is 6.08. The summed E-state index contributed by atoms with van der Waals surface area (Å²) in [4.78, 5) is 0. The highest BCUT2D eigenvalue weighted by Crippen LogP contribution is 2.37. The Bertz CT molecular complexity index is 1670. The molecule has 0 bridgehead atoms. The fraction of sp³-hybridized carbons (Fsp3) is 0.171. The van der Waals surface area contributed by atoms with Gasteiger partial charge in [0.2, 0.25) is 5.75 Å². The van der Waals surface area contributed by atoms with Crippen LogP contribution in [0.4, 0.5) is 0 Å². The van der Waals surface area contributed by atoms with Crippen molar-refractivity contribution < 1.29 is 44.1 Å². The summed E-state index contributed by atoms with van der Waals surface area (Å²) in [6, 6.07) is 17.2. The Morgan fingerprint density at radius 1 is 0.540 bits per heavy atom. The second-order valence-electron chi connectivity index (χ2n) is 9.90. The lowest BCUT2D eigenvalue weighted by Gasteiger charge is -2.08. The van der Waals surface area contributed by atoms with Crippen LogP contribution in [-0.2, 0) is 6.42 Å². The summed E-state index contributed by atoms with van der Waals surface area (Å²) in [6.45, 7) is 20.5. The Balaban J connectivity index is 0.000000334. The van der Waals surface area contributed by atoms with Gasteiger partial charge in [0.25, 0.3) is 0 Å². The fourth-order valence-electron chi connectivity index (χ4n) is 4.06. The van der Waals surface area contributed by atoms with E-state index in [1.54, 1.807) is 86.0 Å². The fourth-order valence-corrected chi connectivity index (χ4v) is 4.06.